The van der Waals surface area contributed by atoms with E-state index in [1.54, 1.807) is 0 Å². The normalized spacial score (nSPS) is 10.4. The van der Waals surface area contributed by atoms with Crippen LogP contribution in [0.2, 0.25) is 0 Å². The van der Waals surface area contributed by atoms with Crippen LogP contribution in [0, 0.1) is 5.82 Å². The van der Waals surface area contributed by atoms with Gasteiger partial charge in [0.05, 0.1) is 5.69 Å². The van der Waals surface area contributed by atoms with Crippen LogP contribution in [-0.2, 0) is 4.79 Å². The quantitative estimate of drug-likeness (QED) is 0.658. The van der Waals surface area contributed by atoms with E-state index in [-0.39, 0.29) is 0 Å². The minimum Gasteiger partial charge on any atom is -0.366 e. The van der Waals surface area contributed by atoms with Gasteiger partial charge in [-0.1, -0.05) is 0 Å². The third-order valence-electron chi connectivity index (χ3n) is 1.16. The lowest BCUT2D eigenvalue weighted by atomic mass is 10.3. The molecular formula is C8H7FN2O. The second kappa shape index (κ2) is 3.61. The van der Waals surface area contributed by atoms with Gasteiger partial charge in [0.25, 0.3) is 0 Å². The SMILES string of the molecule is NC(=O)C=Cc1cc(F)ccn1. The molecule has 12 heavy (non-hydrogen) atoms. The average molecular weight is 166 g/mol. The van der Waals surface area contributed by atoms with Crippen LogP contribution in [0.15, 0.2) is 24.4 Å². The molecule has 0 aliphatic heterocycles. The van der Waals surface area contributed by atoms with E-state index in [2.05, 4.69) is 4.98 Å². The fourth-order valence-electron chi connectivity index (χ4n) is 0.680. The molecule has 0 unspecified atom stereocenters. The van der Waals surface area contributed by atoms with Crippen LogP contribution >= 0.6 is 0 Å². The minimum atomic E-state index is -0.582. The number of amides is 1. The van der Waals surface area contributed by atoms with Crippen LogP contribution in [0.1, 0.15) is 5.69 Å². The largest absolute Gasteiger partial charge is 0.366 e. The van der Waals surface area contributed by atoms with Gasteiger partial charge in [-0.3, -0.25) is 9.78 Å². The Morgan fingerprint density at radius 1 is 1.67 bits per heavy atom. The summed E-state index contributed by atoms with van der Waals surface area (Å²) in [5, 5.41) is 0. The Balaban J connectivity index is 2.83. The number of nitrogens with two attached hydrogens (primary N) is 1. The number of hydrogen-bond acceptors (Lipinski definition) is 2. The lowest BCUT2D eigenvalue weighted by Crippen LogP contribution is -2.05. The van der Waals surface area contributed by atoms with Gasteiger partial charge >= 0.3 is 0 Å². The Hall–Kier alpha value is -1.71. The van der Waals surface area contributed by atoms with E-state index in [0.29, 0.717) is 5.69 Å². The molecule has 4 heteroatoms. The number of nitrogens with zero attached hydrogens (tertiary/aromatic N) is 1. The molecule has 2 N–H and O–H groups in total. The number of aromatic nitrogens is 1. The summed E-state index contributed by atoms with van der Waals surface area (Å²) in [6, 6.07) is 2.43. The van der Waals surface area contributed by atoms with Crippen LogP contribution in [0.5, 0.6) is 0 Å². The van der Waals surface area contributed by atoms with Gasteiger partial charge in [-0.15, -0.1) is 0 Å². The van der Waals surface area contributed by atoms with Crippen LogP contribution in [0.3, 0.4) is 0 Å². The zero-order valence-corrected chi connectivity index (χ0v) is 6.20. The summed E-state index contributed by atoms with van der Waals surface area (Å²) in [4.78, 5) is 14.0. The lowest BCUT2D eigenvalue weighted by Gasteiger charge is -1.90. The monoisotopic (exact) mass is 166 g/mol. The third kappa shape index (κ3) is 2.49. The maximum Gasteiger partial charge on any atom is 0.241 e. The Bertz CT molecular complexity index is 323. The lowest BCUT2D eigenvalue weighted by molar-refractivity contribution is -0.113. The van der Waals surface area contributed by atoms with E-state index in [0.717, 1.165) is 6.08 Å². The number of carbonyl (C=O) groups excluding carboxylic acids is 1. The van der Waals surface area contributed by atoms with Crippen molar-refractivity contribution in [3.8, 4) is 0 Å². The molecule has 0 spiro atoms. The maximum atomic E-state index is 12.5. The van der Waals surface area contributed by atoms with Crippen molar-refractivity contribution in [2.24, 2.45) is 5.73 Å². The van der Waals surface area contributed by atoms with Crippen molar-refractivity contribution < 1.29 is 9.18 Å². The van der Waals surface area contributed by atoms with Crippen molar-refractivity contribution in [2.75, 3.05) is 0 Å². The fourth-order valence-corrected chi connectivity index (χ4v) is 0.680. The summed E-state index contributed by atoms with van der Waals surface area (Å²) in [5.41, 5.74) is 5.20. The summed E-state index contributed by atoms with van der Waals surface area (Å²) in [6.07, 6.45) is 3.79. The van der Waals surface area contributed by atoms with Crippen molar-refractivity contribution in [3.05, 3.63) is 35.9 Å². The van der Waals surface area contributed by atoms with E-state index in [4.69, 9.17) is 5.73 Å². The van der Waals surface area contributed by atoms with Crippen molar-refractivity contribution >= 4 is 12.0 Å². The highest BCUT2D eigenvalue weighted by atomic mass is 19.1. The first kappa shape index (κ1) is 8.39. The molecule has 0 fully saturated rings. The molecule has 0 aliphatic rings. The summed E-state index contributed by atoms with van der Waals surface area (Å²) in [5.74, 6) is -0.977. The van der Waals surface area contributed by atoms with Crippen molar-refractivity contribution in [2.45, 2.75) is 0 Å². The molecule has 0 aromatic carbocycles. The predicted octanol–water partition coefficient (Wildman–Crippen LogP) is 0.719. The number of rotatable bonds is 2. The van der Waals surface area contributed by atoms with E-state index < -0.39 is 11.7 Å². The predicted molar refractivity (Wildman–Crippen MR) is 42.4 cm³/mol. The summed E-state index contributed by atoms with van der Waals surface area (Å²) >= 11 is 0. The van der Waals surface area contributed by atoms with Gasteiger partial charge < -0.3 is 5.73 Å². The molecule has 0 bridgehead atoms. The zero-order valence-electron chi connectivity index (χ0n) is 6.20. The molecule has 0 radical (unpaired) electrons. The molecule has 3 nitrogen and oxygen atoms in total. The van der Waals surface area contributed by atoms with E-state index >= 15 is 0 Å². The number of pyridine rings is 1. The van der Waals surface area contributed by atoms with Crippen molar-refractivity contribution in [1.82, 2.24) is 4.98 Å². The highest BCUT2D eigenvalue weighted by Gasteiger charge is 1.91. The number of halogens is 1. The van der Waals surface area contributed by atoms with Gasteiger partial charge in [0.15, 0.2) is 0 Å². The van der Waals surface area contributed by atoms with Gasteiger partial charge in [-0.2, -0.15) is 0 Å². The van der Waals surface area contributed by atoms with Crippen LogP contribution in [0.25, 0.3) is 6.08 Å². The molecular weight excluding hydrogens is 159 g/mol. The highest BCUT2D eigenvalue weighted by molar-refractivity contribution is 5.89. The van der Waals surface area contributed by atoms with Crippen molar-refractivity contribution in [1.29, 1.82) is 0 Å². The Kier molecular flexibility index (Phi) is 2.53. The second-order valence-corrected chi connectivity index (χ2v) is 2.13. The second-order valence-electron chi connectivity index (χ2n) is 2.13. The van der Waals surface area contributed by atoms with E-state index in [9.17, 15) is 9.18 Å². The molecule has 0 saturated carbocycles. The molecule has 0 atom stereocenters. The average Bonchev–Trinajstić information content (AvgIpc) is 2.01. The molecule has 1 heterocycles. The molecule has 62 valence electrons. The summed E-state index contributed by atoms with van der Waals surface area (Å²) < 4.78 is 12.5. The molecule has 1 rings (SSSR count). The van der Waals surface area contributed by atoms with Gasteiger partial charge in [-0.25, -0.2) is 4.39 Å². The summed E-state index contributed by atoms with van der Waals surface area (Å²) in [7, 11) is 0. The van der Waals surface area contributed by atoms with Crippen LogP contribution in [0.4, 0.5) is 4.39 Å². The number of carbonyl (C=O) groups is 1. The van der Waals surface area contributed by atoms with Gasteiger partial charge in [0.1, 0.15) is 5.82 Å². The Morgan fingerprint density at radius 3 is 3.00 bits per heavy atom. The molecule has 1 aromatic rings. The van der Waals surface area contributed by atoms with Crippen LogP contribution < -0.4 is 5.73 Å². The molecule has 1 aromatic heterocycles. The van der Waals surface area contributed by atoms with Crippen molar-refractivity contribution in [3.63, 3.8) is 0 Å². The third-order valence-corrected chi connectivity index (χ3v) is 1.16. The summed E-state index contributed by atoms with van der Waals surface area (Å²) in [6.45, 7) is 0. The molecule has 0 saturated heterocycles. The minimum absolute atomic E-state index is 0.369. The van der Waals surface area contributed by atoms with E-state index in [1.807, 2.05) is 0 Å². The fraction of sp³-hybridized carbons (Fsp3) is 0. The molecule has 1 amide bonds. The number of hydrogen-bond donors (Lipinski definition) is 1. The Labute approximate surface area is 68.7 Å². The first-order valence-electron chi connectivity index (χ1n) is 3.27. The van der Waals surface area contributed by atoms with Gasteiger partial charge in [0.2, 0.25) is 5.91 Å². The topological polar surface area (TPSA) is 56.0 Å². The smallest absolute Gasteiger partial charge is 0.241 e. The Morgan fingerprint density at radius 2 is 2.42 bits per heavy atom. The standard InChI is InChI=1S/C8H7FN2O/c9-6-3-4-11-7(5-6)1-2-8(10)12/h1-5H,(H2,10,12). The maximum absolute atomic E-state index is 12.5. The van der Waals surface area contributed by atoms with Crippen LogP contribution in [-0.4, -0.2) is 10.9 Å². The van der Waals surface area contributed by atoms with E-state index in [1.165, 1.54) is 24.4 Å². The van der Waals surface area contributed by atoms with Gasteiger partial charge in [-0.05, 0) is 18.2 Å². The first-order valence-corrected chi connectivity index (χ1v) is 3.27. The first-order chi connectivity index (χ1) is 5.68. The molecule has 0 aliphatic carbocycles. The highest BCUT2D eigenvalue weighted by Crippen LogP contribution is 2.00. The number of primary amides is 1. The van der Waals surface area contributed by atoms with Gasteiger partial charge in [0, 0.05) is 12.3 Å². The zero-order chi connectivity index (χ0) is 8.97.